The Morgan fingerprint density at radius 1 is 1.00 bits per heavy atom. The van der Waals surface area contributed by atoms with E-state index in [1.807, 2.05) is 25.3 Å². The van der Waals surface area contributed by atoms with Crippen LogP contribution in [0.4, 0.5) is 10.9 Å². The first-order valence-electron chi connectivity index (χ1n) is 6.84. The highest BCUT2D eigenvalue weighted by atomic mass is 32.1. The highest BCUT2D eigenvalue weighted by molar-refractivity contribution is 7.14. The number of nitrogens with one attached hydrogen (secondary N) is 1. The largest absolute Gasteiger partial charge is 0.316 e. The molecule has 0 aliphatic rings. The summed E-state index contributed by atoms with van der Waals surface area (Å²) in [6.45, 7) is 6.24. The van der Waals surface area contributed by atoms with Crippen molar-refractivity contribution in [3.05, 3.63) is 58.6 Å². The minimum Gasteiger partial charge on any atom is -0.316 e. The SMILES string of the molecule is Cc1ccc(Nc2nc(-c3cc(C)ccc3C)cs2)nc1. The maximum atomic E-state index is 4.67. The second-order valence-corrected chi connectivity index (χ2v) is 6.06. The van der Waals surface area contributed by atoms with E-state index < -0.39 is 0 Å². The quantitative estimate of drug-likeness (QED) is 0.748. The summed E-state index contributed by atoms with van der Waals surface area (Å²) in [6.07, 6.45) is 1.85. The molecule has 2 aromatic heterocycles. The van der Waals surface area contributed by atoms with Gasteiger partial charge in [0.05, 0.1) is 5.69 Å². The molecule has 0 unspecified atom stereocenters. The molecular formula is C17H17N3S. The summed E-state index contributed by atoms with van der Waals surface area (Å²) in [7, 11) is 0. The van der Waals surface area contributed by atoms with Crippen LogP contribution in [0.1, 0.15) is 16.7 Å². The van der Waals surface area contributed by atoms with Gasteiger partial charge in [-0.15, -0.1) is 11.3 Å². The molecule has 0 atom stereocenters. The van der Waals surface area contributed by atoms with Crippen LogP contribution in [0.3, 0.4) is 0 Å². The number of hydrogen-bond acceptors (Lipinski definition) is 4. The predicted molar refractivity (Wildman–Crippen MR) is 89.3 cm³/mol. The van der Waals surface area contributed by atoms with E-state index in [0.29, 0.717) is 0 Å². The fourth-order valence-electron chi connectivity index (χ4n) is 2.12. The average Bonchev–Trinajstić information content (AvgIpc) is 2.92. The second kappa shape index (κ2) is 5.66. The van der Waals surface area contributed by atoms with E-state index in [9.17, 15) is 0 Å². The molecule has 4 heteroatoms. The molecule has 3 rings (SSSR count). The lowest BCUT2D eigenvalue weighted by Crippen LogP contribution is -1.93. The predicted octanol–water partition coefficient (Wildman–Crippen LogP) is 4.87. The highest BCUT2D eigenvalue weighted by Gasteiger charge is 2.08. The summed E-state index contributed by atoms with van der Waals surface area (Å²) >= 11 is 1.60. The zero-order chi connectivity index (χ0) is 14.8. The van der Waals surface area contributed by atoms with Gasteiger partial charge in [0.15, 0.2) is 5.13 Å². The Kier molecular flexibility index (Phi) is 3.71. The van der Waals surface area contributed by atoms with E-state index in [-0.39, 0.29) is 0 Å². The molecule has 0 spiro atoms. The molecule has 2 heterocycles. The number of rotatable bonds is 3. The summed E-state index contributed by atoms with van der Waals surface area (Å²) in [6, 6.07) is 10.4. The molecule has 0 aliphatic carbocycles. The number of pyridine rings is 1. The molecule has 3 aromatic rings. The fourth-order valence-corrected chi connectivity index (χ4v) is 2.84. The van der Waals surface area contributed by atoms with Gasteiger partial charge in [-0.25, -0.2) is 9.97 Å². The second-order valence-electron chi connectivity index (χ2n) is 5.20. The molecule has 3 nitrogen and oxygen atoms in total. The molecule has 0 radical (unpaired) electrons. The van der Waals surface area contributed by atoms with E-state index in [4.69, 9.17) is 0 Å². The molecule has 1 N–H and O–H groups in total. The third kappa shape index (κ3) is 3.11. The monoisotopic (exact) mass is 295 g/mol. The van der Waals surface area contributed by atoms with Gasteiger partial charge in [-0.05, 0) is 44.0 Å². The third-order valence-corrected chi connectivity index (χ3v) is 4.08. The smallest absolute Gasteiger partial charge is 0.188 e. The number of benzene rings is 1. The van der Waals surface area contributed by atoms with Crippen LogP contribution in [0.2, 0.25) is 0 Å². The van der Waals surface area contributed by atoms with E-state index in [2.05, 4.69) is 52.7 Å². The number of aryl methyl sites for hydroxylation is 3. The summed E-state index contributed by atoms with van der Waals surface area (Å²) in [5, 5.41) is 6.20. The number of aromatic nitrogens is 2. The molecule has 0 saturated heterocycles. The van der Waals surface area contributed by atoms with Crippen molar-refractivity contribution in [2.45, 2.75) is 20.8 Å². The standard InChI is InChI=1S/C17H17N3S/c1-11-4-6-13(3)14(8-11)15-10-21-17(19-15)20-16-7-5-12(2)9-18-16/h4-10H,1-3H3,(H,18,19,20). The van der Waals surface area contributed by atoms with Crippen molar-refractivity contribution in [1.82, 2.24) is 9.97 Å². The maximum Gasteiger partial charge on any atom is 0.188 e. The first kappa shape index (κ1) is 13.8. The molecule has 0 amide bonds. The van der Waals surface area contributed by atoms with Crippen molar-refractivity contribution in [1.29, 1.82) is 0 Å². The van der Waals surface area contributed by atoms with Crippen molar-refractivity contribution in [2.24, 2.45) is 0 Å². The maximum absolute atomic E-state index is 4.67. The number of hydrogen-bond donors (Lipinski definition) is 1. The van der Waals surface area contributed by atoms with E-state index in [0.717, 1.165) is 22.2 Å². The zero-order valence-electron chi connectivity index (χ0n) is 12.3. The summed E-state index contributed by atoms with van der Waals surface area (Å²) in [5.41, 5.74) is 5.84. The van der Waals surface area contributed by atoms with Crippen molar-refractivity contribution < 1.29 is 0 Å². The van der Waals surface area contributed by atoms with Crippen LogP contribution >= 0.6 is 11.3 Å². The van der Waals surface area contributed by atoms with Crippen LogP contribution in [-0.4, -0.2) is 9.97 Å². The van der Waals surface area contributed by atoms with Crippen molar-refractivity contribution in [3.8, 4) is 11.3 Å². The fraction of sp³-hybridized carbons (Fsp3) is 0.176. The van der Waals surface area contributed by atoms with Crippen molar-refractivity contribution in [2.75, 3.05) is 5.32 Å². The number of nitrogens with zero attached hydrogens (tertiary/aromatic N) is 2. The summed E-state index contributed by atoms with van der Waals surface area (Å²) < 4.78 is 0. The van der Waals surface area contributed by atoms with Gasteiger partial charge < -0.3 is 5.32 Å². The lowest BCUT2D eigenvalue weighted by Gasteiger charge is -2.04. The third-order valence-electron chi connectivity index (χ3n) is 3.32. The minimum atomic E-state index is 0.822. The minimum absolute atomic E-state index is 0.822. The molecule has 0 fully saturated rings. The van der Waals surface area contributed by atoms with Crippen LogP contribution < -0.4 is 5.32 Å². The van der Waals surface area contributed by atoms with E-state index in [1.165, 1.54) is 16.7 Å². The van der Waals surface area contributed by atoms with Gasteiger partial charge >= 0.3 is 0 Å². The Morgan fingerprint density at radius 2 is 1.81 bits per heavy atom. The molecule has 0 bridgehead atoms. The Bertz CT molecular complexity index is 760. The van der Waals surface area contributed by atoms with Gasteiger partial charge in [-0.1, -0.05) is 23.8 Å². The topological polar surface area (TPSA) is 37.8 Å². The molecular weight excluding hydrogens is 278 g/mol. The van der Waals surface area contributed by atoms with Gasteiger partial charge in [-0.2, -0.15) is 0 Å². The van der Waals surface area contributed by atoms with E-state index >= 15 is 0 Å². The first-order chi connectivity index (χ1) is 10.1. The van der Waals surface area contributed by atoms with Crippen molar-refractivity contribution >= 4 is 22.3 Å². The molecule has 0 aliphatic heterocycles. The molecule has 0 saturated carbocycles. The Balaban J connectivity index is 1.86. The van der Waals surface area contributed by atoms with E-state index in [1.54, 1.807) is 11.3 Å². The lowest BCUT2D eigenvalue weighted by molar-refractivity contribution is 1.25. The molecule has 106 valence electrons. The number of thiazole rings is 1. The van der Waals surface area contributed by atoms with Gasteiger partial charge in [0.2, 0.25) is 0 Å². The van der Waals surface area contributed by atoms with Gasteiger partial charge in [0.1, 0.15) is 5.82 Å². The van der Waals surface area contributed by atoms with Crippen LogP contribution in [0, 0.1) is 20.8 Å². The summed E-state index contributed by atoms with van der Waals surface area (Å²) in [4.78, 5) is 9.01. The first-order valence-corrected chi connectivity index (χ1v) is 7.72. The van der Waals surface area contributed by atoms with Crippen LogP contribution in [0.25, 0.3) is 11.3 Å². The Morgan fingerprint density at radius 3 is 2.57 bits per heavy atom. The lowest BCUT2D eigenvalue weighted by atomic mass is 10.0. The highest BCUT2D eigenvalue weighted by Crippen LogP contribution is 2.29. The van der Waals surface area contributed by atoms with Gasteiger partial charge in [-0.3, -0.25) is 0 Å². The number of anilines is 2. The van der Waals surface area contributed by atoms with Gasteiger partial charge in [0, 0.05) is 17.1 Å². The summed E-state index contributed by atoms with van der Waals surface area (Å²) in [5.74, 6) is 0.822. The normalized spacial score (nSPS) is 10.6. The molecule has 21 heavy (non-hydrogen) atoms. The van der Waals surface area contributed by atoms with Crippen molar-refractivity contribution in [3.63, 3.8) is 0 Å². The average molecular weight is 295 g/mol. The Hall–Kier alpha value is -2.20. The van der Waals surface area contributed by atoms with Crippen LogP contribution in [-0.2, 0) is 0 Å². The molecule has 1 aromatic carbocycles. The Labute approximate surface area is 128 Å². The zero-order valence-corrected chi connectivity index (χ0v) is 13.2. The van der Waals surface area contributed by atoms with Gasteiger partial charge in [0.25, 0.3) is 0 Å². The van der Waals surface area contributed by atoms with Crippen LogP contribution in [0.15, 0.2) is 41.9 Å². The van der Waals surface area contributed by atoms with Crippen LogP contribution in [0.5, 0.6) is 0 Å².